The molecule has 1 heterocycles. The zero-order chi connectivity index (χ0) is 15.8. The van der Waals surface area contributed by atoms with Gasteiger partial charge in [0.05, 0.1) is 10.9 Å². The zero-order valence-corrected chi connectivity index (χ0v) is 13.7. The van der Waals surface area contributed by atoms with Crippen molar-refractivity contribution < 1.29 is 17.6 Å². The van der Waals surface area contributed by atoms with E-state index in [2.05, 4.69) is 15.9 Å². The van der Waals surface area contributed by atoms with Crippen molar-refractivity contribution in [2.45, 2.75) is 29.9 Å². The minimum absolute atomic E-state index is 0.0495. The molecule has 21 heavy (non-hydrogen) atoms. The molecule has 0 spiro atoms. The van der Waals surface area contributed by atoms with E-state index in [4.69, 9.17) is 4.42 Å². The number of fused-ring (bicyclic) bond motifs is 1. The van der Waals surface area contributed by atoms with E-state index >= 15 is 0 Å². The zero-order valence-electron chi connectivity index (χ0n) is 11.3. The molecule has 1 atom stereocenters. The SMILES string of the molecule is CCSc1cc(=O)c2cc(C(F)(F)F)cc(C(C)Br)c2o1. The maximum Gasteiger partial charge on any atom is 0.416 e. The summed E-state index contributed by atoms with van der Waals surface area (Å²) in [5.74, 6) is 0.703. The average Bonchev–Trinajstić information content (AvgIpc) is 2.36. The van der Waals surface area contributed by atoms with Gasteiger partial charge in [-0.2, -0.15) is 13.2 Å². The standard InChI is InChI=1S/C14H12BrF3O2S/c1-3-21-12-6-11(19)10-5-8(14(16,17)18)4-9(7(2)15)13(10)20-12/h4-7H,3H2,1-2H3. The summed E-state index contributed by atoms with van der Waals surface area (Å²) in [5.41, 5.74) is -0.793. The summed E-state index contributed by atoms with van der Waals surface area (Å²) in [6, 6.07) is 3.10. The molecule has 0 saturated carbocycles. The van der Waals surface area contributed by atoms with E-state index in [-0.39, 0.29) is 15.8 Å². The van der Waals surface area contributed by atoms with Crippen LogP contribution in [0.3, 0.4) is 0 Å². The third kappa shape index (κ3) is 3.45. The van der Waals surface area contributed by atoms with Crippen molar-refractivity contribution in [1.82, 2.24) is 0 Å². The molecule has 114 valence electrons. The van der Waals surface area contributed by atoms with Crippen LogP contribution in [0.15, 0.2) is 32.5 Å². The monoisotopic (exact) mass is 380 g/mol. The summed E-state index contributed by atoms with van der Waals surface area (Å²) < 4.78 is 44.4. The summed E-state index contributed by atoms with van der Waals surface area (Å²) in [6.07, 6.45) is -4.51. The Hall–Kier alpha value is -0.950. The first-order valence-corrected chi connectivity index (χ1v) is 8.10. The minimum Gasteiger partial charge on any atom is -0.449 e. The third-order valence-corrected chi connectivity index (χ3v) is 4.14. The molecule has 0 aliphatic rings. The van der Waals surface area contributed by atoms with Gasteiger partial charge in [0.25, 0.3) is 0 Å². The topological polar surface area (TPSA) is 30.2 Å². The van der Waals surface area contributed by atoms with Crippen LogP contribution in [-0.2, 0) is 6.18 Å². The van der Waals surface area contributed by atoms with Crippen LogP contribution in [-0.4, -0.2) is 5.75 Å². The van der Waals surface area contributed by atoms with Crippen molar-refractivity contribution in [3.8, 4) is 0 Å². The molecule has 1 aromatic carbocycles. The van der Waals surface area contributed by atoms with E-state index in [0.717, 1.165) is 12.1 Å². The van der Waals surface area contributed by atoms with Crippen LogP contribution in [0, 0.1) is 0 Å². The molecular formula is C14H12BrF3O2S. The molecule has 2 rings (SSSR count). The van der Waals surface area contributed by atoms with Gasteiger partial charge in [-0.15, -0.1) is 0 Å². The van der Waals surface area contributed by atoms with Crippen LogP contribution in [0.4, 0.5) is 13.2 Å². The molecule has 0 bridgehead atoms. The van der Waals surface area contributed by atoms with Crippen LogP contribution in [0.2, 0.25) is 0 Å². The second kappa shape index (κ2) is 6.04. The average molecular weight is 381 g/mol. The Bertz CT molecular complexity index is 722. The van der Waals surface area contributed by atoms with Gasteiger partial charge >= 0.3 is 6.18 Å². The highest BCUT2D eigenvalue weighted by Crippen LogP contribution is 2.37. The van der Waals surface area contributed by atoms with Gasteiger partial charge in [0.1, 0.15) is 5.58 Å². The highest BCUT2D eigenvalue weighted by Gasteiger charge is 2.32. The first kappa shape index (κ1) is 16.4. The fraction of sp³-hybridized carbons (Fsp3) is 0.357. The van der Waals surface area contributed by atoms with Crippen LogP contribution in [0.5, 0.6) is 0 Å². The van der Waals surface area contributed by atoms with E-state index in [1.807, 2.05) is 6.92 Å². The summed E-state index contributed by atoms with van der Waals surface area (Å²) in [6.45, 7) is 3.59. The van der Waals surface area contributed by atoms with E-state index in [1.54, 1.807) is 6.92 Å². The van der Waals surface area contributed by atoms with Gasteiger partial charge in [-0.25, -0.2) is 0 Å². The molecule has 0 aliphatic carbocycles. The van der Waals surface area contributed by atoms with Gasteiger partial charge in [0.2, 0.25) is 0 Å². The van der Waals surface area contributed by atoms with Crippen LogP contribution in [0.25, 0.3) is 11.0 Å². The first-order valence-electron chi connectivity index (χ1n) is 6.20. The lowest BCUT2D eigenvalue weighted by atomic mass is 10.0. The van der Waals surface area contributed by atoms with Gasteiger partial charge in [0, 0.05) is 16.5 Å². The molecule has 0 radical (unpaired) electrons. The molecular weight excluding hydrogens is 369 g/mol. The Morgan fingerprint density at radius 3 is 2.52 bits per heavy atom. The van der Waals surface area contributed by atoms with Crippen molar-refractivity contribution in [1.29, 1.82) is 0 Å². The molecule has 0 aliphatic heterocycles. The number of halogens is 4. The predicted octanol–water partition coefficient (Wildman–Crippen LogP) is 5.38. The minimum atomic E-state index is -4.51. The summed E-state index contributed by atoms with van der Waals surface area (Å²) in [4.78, 5) is 11.7. The third-order valence-electron chi connectivity index (χ3n) is 2.88. The smallest absolute Gasteiger partial charge is 0.416 e. The fourth-order valence-electron chi connectivity index (χ4n) is 1.94. The van der Waals surface area contributed by atoms with Crippen molar-refractivity contribution >= 4 is 38.7 Å². The van der Waals surface area contributed by atoms with Crippen molar-refractivity contribution in [2.75, 3.05) is 5.75 Å². The molecule has 7 heteroatoms. The Balaban J connectivity index is 2.82. The van der Waals surface area contributed by atoms with Gasteiger partial charge in [-0.1, -0.05) is 34.6 Å². The maximum atomic E-state index is 12.9. The summed E-state index contributed by atoms with van der Waals surface area (Å²) in [5, 5.41) is 0.357. The molecule has 2 aromatic rings. The van der Waals surface area contributed by atoms with Gasteiger partial charge < -0.3 is 4.42 Å². The fourth-order valence-corrected chi connectivity index (χ4v) is 2.89. The molecule has 0 amide bonds. The van der Waals surface area contributed by atoms with Crippen LogP contribution in [0.1, 0.15) is 29.8 Å². The molecule has 1 unspecified atom stereocenters. The molecule has 0 N–H and O–H groups in total. The first-order chi connectivity index (χ1) is 9.74. The summed E-state index contributed by atoms with van der Waals surface area (Å²) in [7, 11) is 0. The summed E-state index contributed by atoms with van der Waals surface area (Å²) >= 11 is 4.59. The van der Waals surface area contributed by atoms with E-state index in [0.29, 0.717) is 16.4 Å². The highest BCUT2D eigenvalue weighted by molar-refractivity contribution is 9.09. The van der Waals surface area contributed by atoms with Gasteiger partial charge in [-0.05, 0) is 24.8 Å². The lowest BCUT2D eigenvalue weighted by Crippen LogP contribution is -2.09. The number of thioether (sulfide) groups is 1. The second-order valence-corrected chi connectivity index (χ2v) is 7.06. The number of benzene rings is 1. The van der Waals surface area contributed by atoms with Gasteiger partial charge in [0.15, 0.2) is 10.5 Å². The Morgan fingerprint density at radius 1 is 1.33 bits per heavy atom. The van der Waals surface area contributed by atoms with E-state index in [9.17, 15) is 18.0 Å². The van der Waals surface area contributed by atoms with Crippen molar-refractivity contribution in [2.24, 2.45) is 0 Å². The molecule has 2 nitrogen and oxygen atoms in total. The second-order valence-electron chi connectivity index (χ2n) is 4.42. The van der Waals surface area contributed by atoms with Crippen molar-refractivity contribution in [3.63, 3.8) is 0 Å². The number of hydrogen-bond acceptors (Lipinski definition) is 3. The Kier molecular flexibility index (Phi) is 4.72. The molecule has 0 fully saturated rings. The number of alkyl halides is 4. The lowest BCUT2D eigenvalue weighted by molar-refractivity contribution is -0.137. The Labute approximate surface area is 131 Å². The van der Waals surface area contributed by atoms with Crippen LogP contribution < -0.4 is 5.43 Å². The quantitative estimate of drug-likeness (QED) is 0.528. The van der Waals surface area contributed by atoms with Crippen molar-refractivity contribution in [3.05, 3.63) is 39.5 Å². The highest BCUT2D eigenvalue weighted by atomic mass is 79.9. The predicted molar refractivity (Wildman–Crippen MR) is 81.2 cm³/mol. The lowest BCUT2D eigenvalue weighted by Gasteiger charge is -2.13. The largest absolute Gasteiger partial charge is 0.449 e. The van der Waals surface area contributed by atoms with Crippen LogP contribution >= 0.6 is 27.7 Å². The normalized spacial score (nSPS) is 13.6. The van der Waals surface area contributed by atoms with E-state index in [1.165, 1.54) is 17.8 Å². The van der Waals surface area contributed by atoms with E-state index < -0.39 is 17.2 Å². The molecule has 0 saturated heterocycles. The van der Waals surface area contributed by atoms with Gasteiger partial charge in [-0.3, -0.25) is 4.79 Å². The number of rotatable bonds is 3. The molecule has 1 aromatic heterocycles. The number of hydrogen-bond donors (Lipinski definition) is 0. The maximum absolute atomic E-state index is 12.9. The Morgan fingerprint density at radius 2 is 2.00 bits per heavy atom.